The summed E-state index contributed by atoms with van der Waals surface area (Å²) in [6.45, 7) is 3.18. The van der Waals surface area contributed by atoms with Crippen molar-refractivity contribution < 1.29 is 19.4 Å². The minimum absolute atomic E-state index is 0.304. The maximum atomic E-state index is 13.4. The normalized spacial score (nSPS) is 17.9. The molecule has 2 atom stereocenters. The largest absolute Gasteiger partial charge is 0.497 e. The summed E-state index contributed by atoms with van der Waals surface area (Å²) >= 11 is 1.48. The predicted octanol–water partition coefficient (Wildman–Crippen LogP) is 4.90. The Labute approximate surface area is 205 Å². The van der Waals surface area contributed by atoms with Crippen LogP contribution in [0.15, 0.2) is 71.6 Å². The first-order valence-electron chi connectivity index (χ1n) is 11.2. The maximum Gasteiger partial charge on any atom is 0.257 e. The standard InChI is InChI=1S/C27H30N2O4S/c1-18-6-5-7-21(16-18)33-22-12-13-23-24(17-22)34-26(19-8-10-20(32-4)11-9-19)25(30)27(31)29(23)15-14-28(2)3/h5-13,16-17,25-26,30H,14-15H2,1-4H3. The number of aliphatic hydroxyl groups excluding tert-OH is 1. The number of thioether (sulfide) groups is 1. The third-order valence-corrected chi connectivity index (χ3v) is 7.09. The van der Waals surface area contributed by atoms with E-state index in [0.29, 0.717) is 18.8 Å². The molecule has 1 heterocycles. The van der Waals surface area contributed by atoms with Gasteiger partial charge in [-0.2, -0.15) is 0 Å². The van der Waals surface area contributed by atoms with Gasteiger partial charge in [0.1, 0.15) is 23.4 Å². The van der Waals surface area contributed by atoms with Crippen molar-refractivity contribution in [3.63, 3.8) is 0 Å². The molecule has 3 aromatic carbocycles. The lowest BCUT2D eigenvalue weighted by molar-refractivity contribution is -0.126. The molecule has 0 radical (unpaired) electrons. The highest BCUT2D eigenvalue weighted by molar-refractivity contribution is 7.99. The number of carbonyl (C=O) groups is 1. The van der Waals surface area contributed by atoms with E-state index in [2.05, 4.69) is 0 Å². The molecule has 0 fully saturated rings. The first-order valence-corrected chi connectivity index (χ1v) is 12.1. The van der Waals surface area contributed by atoms with Crippen molar-refractivity contribution in [3.05, 3.63) is 77.9 Å². The number of methoxy groups -OCH3 is 1. The SMILES string of the molecule is COc1ccc(C2Sc3cc(Oc4cccc(C)c4)ccc3N(CCN(C)C)C(=O)C2O)cc1. The summed E-state index contributed by atoms with van der Waals surface area (Å²) in [4.78, 5) is 18.0. The van der Waals surface area contributed by atoms with E-state index in [1.54, 1.807) is 12.0 Å². The minimum Gasteiger partial charge on any atom is -0.497 e. The molecule has 0 saturated heterocycles. The highest BCUT2D eigenvalue weighted by atomic mass is 32.2. The smallest absolute Gasteiger partial charge is 0.257 e. The van der Waals surface area contributed by atoms with Crippen molar-refractivity contribution in [3.8, 4) is 17.2 Å². The fourth-order valence-corrected chi connectivity index (χ4v) is 5.17. The van der Waals surface area contributed by atoms with E-state index >= 15 is 0 Å². The number of hydrogen-bond acceptors (Lipinski definition) is 6. The summed E-state index contributed by atoms with van der Waals surface area (Å²) < 4.78 is 11.4. The number of nitrogens with zero attached hydrogens (tertiary/aromatic N) is 2. The van der Waals surface area contributed by atoms with E-state index in [4.69, 9.17) is 9.47 Å². The predicted molar refractivity (Wildman–Crippen MR) is 136 cm³/mol. The van der Waals surface area contributed by atoms with Gasteiger partial charge in [-0.25, -0.2) is 0 Å². The number of aryl methyl sites for hydroxylation is 1. The van der Waals surface area contributed by atoms with E-state index in [0.717, 1.165) is 33.2 Å². The first kappa shape index (κ1) is 24.1. The van der Waals surface area contributed by atoms with Crippen LogP contribution in [-0.4, -0.2) is 56.3 Å². The average Bonchev–Trinajstić information content (AvgIpc) is 2.92. The number of fused-ring (bicyclic) bond motifs is 1. The molecule has 0 spiro atoms. The molecule has 178 valence electrons. The highest BCUT2D eigenvalue weighted by Crippen LogP contribution is 2.47. The quantitative estimate of drug-likeness (QED) is 0.521. The molecule has 6 nitrogen and oxygen atoms in total. The number of aliphatic hydroxyl groups is 1. The molecule has 1 N–H and O–H groups in total. The van der Waals surface area contributed by atoms with Crippen LogP contribution in [0.4, 0.5) is 5.69 Å². The van der Waals surface area contributed by atoms with Crippen LogP contribution in [0.5, 0.6) is 17.2 Å². The van der Waals surface area contributed by atoms with E-state index < -0.39 is 11.4 Å². The number of ether oxygens (including phenoxy) is 2. The first-order chi connectivity index (χ1) is 16.4. The summed E-state index contributed by atoms with van der Waals surface area (Å²) in [5.74, 6) is 1.86. The van der Waals surface area contributed by atoms with Gasteiger partial charge in [0.05, 0.1) is 18.0 Å². The molecule has 1 amide bonds. The fourth-order valence-electron chi connectivity index (χ4n) is 3.87. The zero-order chi connectivity index (χ0) is 24.2. The lowest BCUT2D eigenvalue weighted by Gasteiger charge is -2.26. The van der Waals surface area contributed by atoms with Crippen LogP contribution in [0.25, 0.3) is 0 Å². The lowest BCUT2D eigenvalue weighted by Crippen LogP contribution is -2.43. The molecule has 2 unspecified atom stereocenters. The Bertz CT molecular complexity index is 1150. The molecule has 0 aromatic heterocycles. The third-order valence-electron chi connectivity index (χ3n) is 5.72. The van der Waals surface area contributed by atoms with Gasteiger partial charge in [0.2, 0.25) is 0 Å². The molecule has 0 saturated carbocycles. The van der Waals surface area contributed by atoms with E-state index in [9.17, 15) is 9.90 Å². The van der Waals surface area contributed by atoms with Gasteiger partial charge in [-0.05, 0) is 74.6 Å². The van der Waals surface area contributed by atoms with Gasteiger partial charge in [0, 0.05) is 18.0 Å². The zero-order valence-electron chi connectivity index (χ0n) is 19.9. The van der Waals surface area contributed by atoms with Crippen LogP contribution >= 0.6 is 11.8 Å². The summed E-state index contributed by atoms with van der Waals surface area (Å²) in [5, 5.41) is 10.7. The van der Waals surface area contributed by atoms with E-state index in [-0.39, 0.29) is 5.91 Å². The van der Waals surface area contributed by atoms with Gasteiger partial charge in [0.25, 0.3) is 5.91 Å². The summed E-state index contributed by atoms with van der Waals surface area (Å²) in [6, 6.07) is 21.1. The van der Waals surface area contributed by atoms with Crippen molar-refractivity contribution in [1.29, 1.82) is 0 Å². The number of carbonyl (C=O) groups excluding carboxylic acids is 1. The number of hydrogen-bond donors (Lipinski definition) is 1. The number of rotatable bonds is 7. The molecular weight excluding hydrogens is 448 g/mol. The molecule has 1 aliphatic rings. The lowest BCUT2D eigenvalue weighted by atomic mass is 10.1. The maximum absolute atomic E-state index is 13.4. The summed E-state index contributed by atoms with van der Waals surface area (Å²) in [5.41, 5.74) is 2.75. The Hall–Kier alpha value is -3.00. The van der Waals surface area contributed by atoms with Crippen molar-refractivity contribution in [2.75, 3.05) is 39.2 Å². The number of anilines is 1. The zero-order valence-corrected chi connectivity index (χ0v) is 20.7. The molecule has 0 aliphatic carbocycles. The van der Waals surface area contributed by atoms with Crippen LogP contribution in [0.3, 0.4) is 0 Å². The monoisotopic (exact) mass is 478 g/mol. The van der Waals surface area contributed by atoms with Crippen molar-refractivity contribution in [2.24, 2.45) is 0 Å². The molecule has 7 heteroatoms. The van der Waals surface area contributed by atoms with Gasteiger partial charge in [-0.15, -0.1) is 11.8 Å². The summed E-state index contributed by atoms with van der Waals surface area (Å²) in [7, 11) is 5.54. The van der Waals surface area contributed by atoms with Crippen molar-refractivity contribution in [1.82, 2.24) is 4.90 Å². The molecule has 3 aromatic rings. The molecular formula is C27H30N2O4S. The second kappa shape index (κ2) is 10.5. The molecule has 1 aliphatic heterocycles. The second-order valence-corrected chi connectivity index (χ2v) is 9.78. The Balaban J connectivity index is 1.72. The molecule has 4 rings (SSSR count). The van der Waals surface area contributed by atoms with Gasteiger partial charge in [-0.1, -0.05) is 24.3 Å². The van der Waals surface area contributed by atoms with Crippen LogP contribution in [0.2, 0.25) is 0 Å². The number of likely N-dealkylation sites (N-methyl/N-ethyl adjacent to an activating group) is 1. The van der Waals surface area contributed by atoms with Crippen LogP contribution in [-0.2, 0) is 4.79 Å². The van der Waals surface area contributed by atoms with Gasteiger partial charge < -0.3 is 24.4 Å². The van der Waals surface area contributed by atoms with Crippen LogP contribution in [0.1, 0.15) is 16.4 Å². The Morgan fingerprint density at radius 1 is 1.00 bits per heavy atom. The topological polar surface area (TPSA) is 62.2 Å². The second-order valence-electron chi connectivity index (χ2n) is 8.60. The third kappa shape index (κ3) is 5.38. The van der Waals surface area contributed by atoms with E-state index in [1.807, 2.05) is 92.6 Å². The van der Waals surface area contributed by atoms with Crippen molar-refractivity contribution >= 4 is 23.4 Å². The number of benzene rings is 3. The Morgan fingerprint density at radius 2 is 1.71 bits per heavy atom. The Kier molecular flexibility index (Phi) is 7.46. The minimum atomic E-state index is -1.19. The Morgan fingerprint density at radius 3 is 2.38 bits per heavy atom. The molecule has 0 bridgehead atoms. The van der Waals surface area contributed by atoms with Crippen LogP contribution < -0.4 is 14.4 Å². The highest BCUT2D eigenvalue weighted by Gasteiger charge is 2.37. The average molecular weight is 479 g/mol. The number of amides is 1. The summed E-state index contributed by atoms with van der Waals surface area (Å²) in [6.07, 6.45) is -1.19. The van der Waals surface area contributed by atoms with Gasteiger partial charge >= 0.3 is 0 Å². The van der Waals surface area contributed by atoms with Gasteiger partial charge in [-0.3, -0.25) is 4.79 Å². The van der Waals surface area contributed by atoms with Gasteiger partial charge in [0.15, 0.2) is 0 Å². The fraction of sp³-hybridized carbons (Fsp3) is 0.296. The van der Waals surface area contributed by atoms with Crippen molar-refractivity contribution in [2.45, 2.75) is 23.2 Å². The molecule has 34 heavy (non-hydrogen) atoms. The van der Waals surface area contributed by atoms with Crippen LogP contribution in [0, 0.1) is 6.92 Å². The van der Waals surface area contributed by atoms with E-state index in [1.165, 1.54) is 11.8 Å².